The van der Waals surface area contributed by atoms with Gasteiger partial charge >= 0.3 is 0 Å². The molecule has 1 aliphatic heterocycles. The van der Waals surface area contributed by atoms with E-state index < -0.39 is 9.84 Å². The first kappa shape index (κ1) is 17.0. The van der Waals surface area contributed by atoms with Crippen molar-refractivity contribution < 1.29 is 13.2 Å². The molecule has 1 aromatic rings. The van der Waals surface area contributed by atoms with Gasteiger partial charge in [0.25, 0.3) is 5.91 Å². The molecular formula is C16H24N2O3S. The van der Waals surface area contributed by atoms with Crippen molar-refractivity contribution in [2.24, 2.45) is 11.7 Å². The van der Waals surface area contributed by atoms with Gasteiger partial charge in [0, 0.05) is 31.0 Å². The van der Waals surface area contributed by atoms with Crippen LogP contribution in [0.2, 0.25) is 0 Å². The number of amides is 1. The number of likely N-dealkylation sites (tertiary alicyclic amines) is 1. The van der Waals surface area contributed by atoms with Crippen molar-refractivity contribution in [3.8, 4) is 0 Å². The molecule has 1 aliphatic rings. The molecule has 2 rings (SSSR count). The lowest BCUT2D eigenvalue weighted by Crippen LogP contribution is -2.45. The summed E-state index contributed by atoms with van der Waals surface area (Å²) in [5.41, 5.74) is 7.04. The van der Waals surface area contributed by atoms with E-state index in [1.807, 2.05) is 6.92 Å². The third-order valence-electron chi connectivity index (χ3n) is 4.32. The maximum absolute atomic E-state index is 12.6. The Bertz CT molecular complexity index is 668. The van der Waals surface area contributed by atoms with Crippen molar-refractivity contribution in [1.29, 1.82) is 0 Å². The number of rotatable bonds is 3. The van der Waals surface area contributed by atoms with E-state index in [4.69, 9.17) is 5.73 Å². The van der Waals surface area contributed by atoms with Crippen molar-refractivity contribution in [2.75, 3.05) is 19.3 Å². The van der Waals surface area contributed by atoms with Gasteiger partial charge in [0.15, 0.2) is 9.84 Å². The smallest absolute Gasteiger partial charge is 0.253 e. The molecule has 0 spiro atoms. The number of carbonyl (C=O) groups excluding carboxylic acids is 1. The lowest BCUT2D eigenvalue weighted by Gasteiger charge is -2.34. The van der Waals surface area contributed by atoms with Crippen molar-refractivity contribution in [3.05, 3.63) is 29.3 Å². The third-order valence-corrected chi connectivity index (χ3v) is 5.56. The average Bonchev–Trinajstić information content (AvgIpc) is 2.46. The van der Waals surface area contributed by atoms with E-state index in [0.29, 0.717) is 30.1 Å². The molecule has 1 heterocycles. The number of carbonyl (C=O) groups is 1. The van der Waals surface area contributed by atoms with Crippen LogP contribution in [0.5, 0.6) is 0 Å². The number of hydrogen-bond acceptors (Lipinski definition) is 4. The molecule has 0 aromatic heterocycles. The molecule has 1 aromatic carbocycles. The normalized spacial score (nSPS) is 20.7. The van der Waals surface area contributed by atoms with Crippen LogP contribution in [0.1, 0.15) is 35.7 Å². The maximum atomic E-state index is 12.6. The molecule has 1 amide bonds. The lowest BCUT2D eigenvalue weighted by molar-refractivity contribution is 0.0660. The predicted molar refractivity (Wildman–Crippen MR) is 86.6 cm³/mol. The zero-order valence-corrected chi connectivity index (χ0v) is 14.2. The lowest BCUT2D eigenvalue weighted by atomic mass is 9.92. The summed E-state index contributed by atoms with van der Waals surface area (Å²) in [7, 11) is -3.34. The van der Waals surface area contributed by atoms with Crippen LogP contribution in [-0.2, 0) is 9.84 Å². The highest BCUT2D eigenvalue weighted by molar-refractivity contribution is 7.90. The Labute approximate surface area is 132 Å². The van der Waals surface area contributed by atoms with Gasteiger partial charge < -0.3 is 10.6 Å². The highest BCUT2D eigenvalue weighted by Gasteiger charge is 2.27. The first-order valence-electron chi connectivity index (χ1n) is 7.55. The van der Waals surface area contributed by atoms with Crippen molar-refractivity contribution in [2.45, 2.75) is 37.6 Å². The van der Waals surface area contributed by atoms with Gasteiger partial charge in [-0.15, -0.1) is 0 Å². The molecule has 2 N–H and O–H groups in total. The first-order valence-corrected chi connectivity index (χ1v) is 9.45. The van der Waals surface area contributed by atoms with Gasteiger partial charge in [-0.3, -0.25) is 4.79 Å². The Balaban J connectivity index is 2.26. The summed E-state index contributed by atoms with van der Waals surface area (Å²) in [5.74, 6) is 0.188. The van der Waals surface area contributed by atoms with Crippen LogP contribution in [0, 0.1) is 12.8 Å². The van der Waals surface area contributed by atoms with Crippen LogP contribution in [0.25, 0.3) is 0 Å². The number of hydrogen-bond donors (Lipinski definition) is 1. The van der Waals surface area contributed by atoms with Gasteiger partial charge in [-0.2, -0.15) is 0 Å². The molecule has 5 nitrogen and oxygen atoms in total. The number of nitrogens with two attached hydrogens (primary N) is 1. The second-order valence-electron chi connectivity index (χ2n) is 6.27. The van der Waals surface area contributed by atoms with E-state index in [0.717, 1.165) is 19.1 Å². The molecule has 0 saturated carbocycles. The predicted octanol–water partition coefficient (Wildman–Crippen LogP) is 1.60. The van der Waals surface area contributed by atoms with Crippen LogP contribution in [-0.4, -0.2) is 44.6 Å². The number of nitrogens with zero attached hydrogens (tertiary/aromatic N) is 1. The second kappa shape index (κ2) is 6.38. The fourth-order valence-electron chi connectivity index (χ4n) is 2.94. The zero-order chi connectivity index (χ0) is 16.5. The summed E-state index contributed by atoms with van der Waals surface area (Å²) >= 11 is 0. The summed E-state index contributed by atoms with van der Waals surface area (Å²) < 4.78 is 23.6. The molecule has 1 fully saturated rings. The number of piperidine rings is 1. The largest absolute Gasteiger partial charge is 0.338 e. The van der Waals surface area contributed by atoms with Crippen LogP contribution in [0.3, 0.4) is 0 Å². The Morgan fingerprint density at radius 1 is 1.41 bits per heavy atom. The van der Waals surface area contributed by atoms with Gasteiger partial charge in [-0.05, 0) is 50.3 Å². The summed E-state index contributed by atoms with van der Waals surface area (Å²) in [6.07, 6.45) is 3.13. The van der Waals surface area contributed by atoms with Crippen LogP contribution >= 0.6 is 0 Å². The second-order valence-corrected chi connectivity index (χ2v) is 8.25. The monoisotopic (exact) mass is 324 g/mol. The maximum Gasteiger partial charge on any atom is 0.253 e. The molecule has 122 valence electrons. The van der Waals surface area contributed by atoms with E-state index >= 15 is 0 Å². The van der Waals surface area contributed by atoms with Crippen molar-refractivity contribution in [3.63, 3.8) is 0 Å². The number of aryl methyl sites for hydroxylation is 1. The summed E-state index contributed by atoms with van der Waals surface area (Å²) in [5, 5.41) is 0. The standard InChI is InChI=1S/C16H24N2O3S/c1-11-6-7-13(9-15(11)22(3,20)21)16(19)18-8-4-5-14(10-18)12(2)17/h6-7,9,12,14H,4-5,8,10,17H2,1-3H3/t12-,14+/m1/s1. The molecule has 0 radical (unpaired) electrons. The fraction of sp³-hybridized carbons (Fsp3) is 0.562. The Kier molecular flexibility index (Phi) is 4.92. The highest BCUT2D eigenvalue weighted by Crippen LogP contribution is 2.22. The van der Waals surface area contributed by atoms with E-state index in [-0.39, 0.29) is 16.8 Å². The Morgan fingerprint density at radius 2 is 2.09 bits per heavy atom. The molecule has 0 bridgehead atoms. The fourth-order valence-corrected chi connectivity index (χ4v) is 3.93. The first-order chi connectivity index (χ1) is 10.2. The van der Waals surface area contributed by atoms with Crippen LogP contribution < -0.4 is 5.73 Å². The molecule has 22 heavy (non-hydrogen) atoms. The minimum Gasteiger partial charge on any atom is -0.338 e. The number of benzene rings is 1. The van der Waals surface area contributed by atoms with Gasteiger partial charge in [-0.25, -0.2) is 8.42 Å². The summed E-state index contributed by atoms with van der Waals surface area (Å²) in [6.45, 7) is 5.03. The molecule has 6 heteroatoms. The van der Waals surface area contributed by atoms with E-state index in [9.17, 15) is 13.2 Å². The van der Waals surface area contributed by atoms with Gasteiger partial charge in [0.05, 0.1) is 4.90 Å². The molecule has 2 atom stereocenters. The topological polar surface area (TPSA) is 80.5 Å². The van der Waals surface area contributed by atoms with Gasteiger partial charge in [0.1, 0.15) is 0 Å². The Hall–Kier alpha value is -1.40. The minimum absolute atomic E-state index is 0.0557. The average molecular weight is 324 g/mol. The molecule has 1 saturated heterocycles. The van der Waals surface area contributed by atoms with E-state index in [1.165, 1.54) is 6.07 Å². The summed E-state index contributed by atoms with van der Waals surface area (Å²) in [6, 6.07) is 4.93. The SMILES string of the molecule is Cc1ccc(C(=O)N2CCC[C@H]([C@@H](C)N)C2)cc1S(C)(=O)=O. The Morgan fingerprint density at radius 3 is 2.68 bits per heavy atom. The van der Waals surface area contributed by atoms with Crippen molar-refractivity contribution >= 4 is 15.7 Å². The van der Waals surface area contributed by atoms with Gasteiger partial charge in [0.2, 0.25) is 0 Å². The minimum atomic E-state index is -3.34. The van der Waals surface area contributed by atoms with Crippen molar-refractivity contribution in [1.82, 2.24) is 4.90 Å². The molecule has 0 aliphatic carbocycles. The van der Waals surface area contributed by atoms with Crippen LogP contribution in [0.4, 0.5) is 0 Å². The zero-order valence-electron chi connectivity index (χ0n) is 13.4. The number of sulfone groups is 1. The van der Waals surface area contributed by atoms with E-state index in [2.05, 4.69) is 0 Å². The molecular weight excluding hydrogens is 300 g/mol. The highest BCUT2D eigenvalue weighted by atomic mass is 32.2. The van der Waals surface area contributed by atoms with Crippen LogP contribution in [0.15, 0.2) is 23.1 Å². The summed E-state index contributed by atoms with van der Waals surface area (Å²) in [4.78, 5) is 14.7. The molecule has 0 unspecified atom stereocenters. The van der Waals surface area contributed by atoms with Gasteiger partial charge in [-0.1, -0.05) is 6.07 Å². The van der Waals surface area contributed by atoms with E-state index in [1.54, 1.807) is 24.0 Å². The third kappa shape index (κ3) is 3.67. The quantitative estimate of drug-likeness (QED) is 0.916.